The number of aliphatic hydroxyl groups is 1. The first kappa shape index (κ1) is 19.7. The summed E-state index contributed by atoms with van der Waals surface area (Å²) in [5.41, 5.74) is 0.530. The number of fused-ring (bicyclic) bond motifs is 1. The van der Waals surface area contributed by atoms with Gasteiger partial charge >= 0.3 is 0 Å². The molecule has 2 fully saturated rings. The molecule has 148 valence electrons. The van der Waals surface area contributed by atoms with Gasteiger partial charge in [-0.2, -0.15) is 0 Å². The van der Waals surface area contributed by atoms with Crippen molar-refractivity contribution in [2.45, 2.75) is 43.6 Å². The van der Waals surface area contributed by atoms with Gasteiger partial charge in [0.15, 0.2) is 0 Å². The average Bonchev–Trinajstić information content (AvgIpc) is 2.65. The zero-order valence-electron chi connectivity index (χ0n) is 15.8. The second-order valence-corrected chi connectivity index (χ2v) is 7.32. The van der Waals surface area contributed by atoms with Crippen LogP contribution in [0.2, 0.25) is 0 Å². The second kappa shape index (κ2) is 8.77. The minimum Gasteiger partial charge on any atom is -0.389 e. The van der Waals surface area contributed by atoms with Crippen molar-refractivity contribution in [1.29, 1.82) is 0 Å². The lowest BCUT2D eigenvalue weighted by Crippen LogP contribution is -2.57. The molecule has 1 N–H and O–H groups in total. The third-order valence-corrected chi connectivity index (χ3v) is 5.07. The zero-order chi connectivity index (χ0) is 19.4. The van der Waals surface area contributed by atoms with Crippen LogP contribution >= 0.6 is 0 Å². The van der Waals surface area contributed by atoms with Gasteiger partial charge in [0, 0.05) is 38.6 Å². The molecule has 3 rings (SSSR count). The number of amides is 2. The molecule has 8 nitrogen and oxygen atoms in total. The number of ether oxygens (including phenoxy) is 2. The smallest absolute Gasteiger partial charge is 0.254 e. The Morgan fingerprint density at radius 3 is 2.70 bits per heavy atom. The van der Waals surface area contributed by atoms with Crippen molar-refractivity contribution in [3.05, 3.63) is 30.1 Å². The van der Waals surface area contributed by atoms with Gasteiger partial charge in [0.1, 0.15) is 6.10 Å². The molecule has 3 heterocycles. The number of rotatable bonds is 3. The first-order valence-corrected chi connectivity index (χ1v) is 9.28. The van der Waals surface area contributed by atoms with E-state index >= 15 is 0 Å². The topological polar surface area (TPSA) is 92.2 Å². The molecule has 0 aromatic carbocycles. The van der Waals surface area contributed by atoms with E-state index in [1.54, 1.807) is 48.4 Å². The van der Waals surface area contributed by atoms with Crippen LogP contribution < -0.4 is 0 Å². The Bertz CT molecular complexity index is 654. The van der Waals surface area contributed by atoms with Gasteiger partial charge in [-0.05, 0) is 25.0 Å². The number of carbonyl (C=O) groups excluding carboxylic acids is 2. The highest BCUT2D eigenvalue weighted by Crippen LogP contribution is 2.29. The van der Waals surface area contributed by atoms with E-state index in [0.717, 1.165) is 0 Å². The molecule has 1 aromatic heterocycles. The molecule has 0 aliphatic carbocycles. The number of hydrogen-bond donors (Lipinski definition) is 1. The number of aliphatic hydroxyl groups excluding tert-OH is 1. The maximum absolute atomic E-state index is 13.0. The van der Waals surface area contributed by atoms with Crippen molar-refractivity contribution in [3.8, 4) is 0 Å². The number of β-amino-alcohol motifs (C(OH)–C–C–N with tert-alkyl or cyclic N) is 1. The van der Waals surface area contributed by atoms with Crippen LogP contribution in [0.15, 0.2) is 24.5 Å². The summed E-state index contributed by atoms with van der Waals surface area (Å²) in [6, 6.07) is 3.13. The van der Waals surface area contributed by atoms with Crippen molar-refractivity contribution in [2.75, 3.05) is 33.9 Å². The van der Waals surface area contributed by atoms with Gasteiger partial charge in [0.25, 0.3) is 5.91 Å². The van der Waals surface area contributed by atoms with Gasteiger partial charge in [-0.3, -0.25) is 14.6 Å². The lowest BCUT2D eigenvalue weighted by Gasteiger charge is -2.44. The molecule has 1 aromatic rings. The molecule has 0 bridgehead atoms. The van der Waals surface area contributed by atoms with E-state index in [9.17, 15) is 14.7 Å². The summed E-state index contributed by atoms with van der Waals surface area (Å²) in [6.07, 6.45) is 3.59. The predicted octanol–water partition coefficient (Wildman–Crippen LogP) is 0.309. The van der Waals surface area contributed by atoms with Crippen LogP contribution in [-0.4, -0.2) is 89.9 Å². The summed E-state index contributed by atoms with van der Waals surface area (Å²) in [5.74, 6) is -0.134. The lowest BCUT2D eigenvalue weighted by atomic mass is 9.94. The van der Waals surface area contributed by atoms with Gasteiger partial charge in [-0.25, -0.2) is 0 Å². The molecular weight excluding hydrogens is 350 g/mol. The standard InChI is InChI=1S/C19H27N3O5/c1-21(2)18(24)9-15-3-4-16-17(27-15)12-26-11-14(23)10-22(16)19(25)13-5-7-20-8-6-13/h5-8,14-17,23H,3-4,9-12H2,1-2H3/t14-,15+,16-,17+/m1/s1. The van der Waals surface area contributed by atoms with Gasteiger partial charge in [0.2, 0.25) is 5.91 Å². The maximum atomic E-state index is 13.0. The molecule has 4 atom stereocenters. The van der Waals surface area contributed by atoms with Crippen LogP contribution in [0.25, 0.3) is 0 Å². The quantitative estimate of drug-likeness (QED) is 0.815. The minimum absolute atomic E-state index is 0.0188. The summed E-state index contributed by atoms with van der Waals surface area (Å²) in [4.78, 5) is 32.3. The maximum Gasteiger partial charge on any atom is 0.254 e. The number of aromatic nitrogens is 1. The molecule has 2 aliphatic heterocycles. The number of nitrogens with zero attached hydrogens (tertiary/aromatic N) is 3. The highest BCUT2D eigenvalue weighted by Gasteiger charge is 2.40. The molecule has 2 amide bonds. The fourth-order valence-corrected chi connectivity index (χ4v) is 3.61. The van der Waals surface area contributed by atoms with E-state index in [1.165, 1.54) is 0 Å². The van der Waals surface area contributed by atoms with Gasteiger partial charge in [-0.15, -0.1) is 0 Å². The van der Waals surface area contributed by atoms with E-state index in [1.807, 2.05) is 0 Å². The molecular formula is C19H27N3O5. The molecule has 0 spiro atoms. The van der Waals surface area contributed by atoms with E-state index in [4.69, 9.17) is 9.47 Å². The monoisotopic (exact) mass is 377 g/mol. The van der Waals surface area contributed by atoms with E-state index in [-0.39, 0.29) is 49.8 Å². The van der Waals surface area contributed by atoms with Crippen LogP contribution in [-0.2, 0) is 14.3 Å². The molecule has 0 radical (unpaired) electrons. The average molecular weight is 377 g/mol. The molecule has 0 unspecified atom stereocenters. The van der Waals surface area contributed by atoms with Gasteiger partial charge in [-0.1, -0.05) is 0 Å². The van der Waals surface area contributed by atoms with Crippen LogP contribution in [0, 0.1) is 0 Å². The highest BCUT2D eigenvalue weighted by atomic mass is 16.5. The predicted molar refractivity (Wildman–Crippen MR) is 97.1 cm³/mol. The normalized spacial score (nSPS) is 28.6. The summed E-state index contributed by atoms with van der Waals surface area (Å²) in [5, 5.41) is 10.2. The second-order valence-electron chi connectivity index (χ2n) is 7.32. The number of hydrogen-bond acceptors (Lipinski definition) is 6. The zero-order valence-corrected chi connectivity index (χ0v) is 15.8. The summed E-state index contributed by atoms with van der Waals surface area (Å²) < 4.78 is 11.7. The Kier molecular flexibility index (Phi) is 6.41. The summed E-state index contributed by atoms with van der Waals surface area (Å²) in [7, 11) is 3.45. The Balaban J connectivity index is 1.76. The largest absolute Gasteiger partial charge is 0.389 e. The molecule has 0 saturated carbocycles. The first-order valence-electron chi connectivity index (χ1n) is 9.28. The summed E-state index contributed by atoms with van der Waals surface area (Å²) >= 11 is 0. The molecule has 8 heteroatoms. The van der Waals surface area contributed by atoms with E-state index in [2.05, 4.69) is 4.98 Å². The van der Waals surface area contributed by atoms with Gasteiger partial charge < -0.3 is 24.4 Å². The summed E-state index contributed by atoms with van der Waals surface area (Å²) in [6.45, 7) is 0.621. The van der Waals surface area contributed by atoms with Crippen molar-refractivity contribution < 1.29 is 24.2 Å². The third-order valence-electron chi connectivity index (χ3n) is 5.07. The Morgan fingerprint density at radius 2 is 2.00 bits per heavy atom. The van der Waals surface area contributed by atoms with Crippen molar-refractivity contribution in [3.63, 3.8) is 0 Å². The fourth-order valence-electron chi connectivity index (χ4n) is 3.61. The minimum atomic E-state index is -0.746. The Hall–Kier alpha value is -2.03. The number of pyridine rings is 1. The van der Waals surface area contributed by atoms with Crippen LogP contribution in [0.1, 0.15) is 29.6 Å². The van der Waals surface area contributed by atoms with Crippen molar-refractivity contribution >= 4 is 11.8 Å². The molecule has 2 saturated heterocycles. The SMILES string of the molecule is CN(C)C(=O)C[C@@H]1CC[C@@H]2[C@H](COC[C@H](O)CN2C(=O)c2ccncc2)O1. The first-order chi connectivity index (χ1) is 13.0. The van der Waals surface area contributed by atoms with Crippen molar-refractivity contribution in [1.82, 2.24) is 14.8 Å². The highest BCUT2D eigenvalue weighted by molar-refractivity contribution is 5.94. The Labute approximate surface area is 159 Å². The lowest BCUT2D eigenvalue weighted by molar-refractivity contribution is -0.154. The van der Waals surface area contributed by atoms with Crippen LogP contribution in [0.3, 0.4) is 0 Å². The fraction of sp³-hybridized carbons (Fsp3) is 0.632. The van der Waals surface area contributed by atoms with E-state index < -0.39 is 6.10 Å². The number of carbonyl (C=O) groups is 2. The van der Waals surface area contributed by atoms with Crippen LogP contribution in [0.5, 0.6) is 0 Å². The van der Waals surface area contributed by atoms with Gasteiger partial charge in [0.05, 0.1) is 37.9 Å². The van der Waals surface area contributed by atoms with Crippen LogP contribution in [0.4, 0.5) is 0 Å². The van der Waals surface area contributed by atoms with Crippen molar-refractivity contribution in [2.24, 2.45) is 0 Å². The molecule has 2 aliphatic rings. The van der Waals surface area contributed by atoms with E-state index in [0.29, 0.717) is 24.8 Å². The molecule has 27 heavy (non-hydrogen) atoms. The Morgan fingerprint density at radius 1 is 1.26 bits per heavy atom. The third kappa shape index (κ3) is 4.82.